The fraction of sp³-hybridized carbons (Fsp3) is 0.688. The summed E-state index contributed by atoms with van der Waals surface area (Å²) in [6.45, 7) is 3.09. The van der Waals surface area contributed by atoms with Gasteiger partial charge in [0.05, 0.1) is 5.69 Å². The molecule has 3 heterocycles. The maximum absolute atomic E-state index is 12.3. The highest BCUT2D eigenvalue weighted by atomic mass is 32.2. The first kappa shape index (κ1) is 16.4. The number of aryl methyl sites for hydroxylation is 1. The third kappa shape index (κ3) is 4.07. The van der Waals surface area contributed by atoms with E-state index in [4.69, 9.17) is 4.52 Å². The summed E-state index contributed by atoms with van der Waals surface area (Å²) in [6.07, 6.45) is 3.54. The number of carbonyl (C=O) groups is 2. The number of amides is 2. The molecule has 2 aliphatic rings. The Morgan fingerprint density at radius 2 is 1.96 bits per heavy atom. The van der Waals surface area contributed by atoms with Crippen molar-refractivity contribution in [3.8, 4) is 0 Å². The molecule has 3 rings (SSSR count). The fourth-order valence-electron chi connectivity index (χ4n) is 3.18. The molecule has 0 aliphatic carbocycles. The molecular weight excluding hydrogens is 314 g/mol. The summed E-state index contributed by atoms with van der Waals surface area (Å²) in [5, 5.41) is 6.81. The Hall–Kier alpha value is -1.50. The minimum Gasteiger partial charge on any atom is -0.361 e. The van der Waals surface area contributed by atoms with Crippen LogP contribution in [-0.2, 0) is 9.59 Å². The van der Waals surface area contributed by atoms with E-state index < -0.39 is 11.8 Å². The van der Waals surface area contributed by atoms with Gasteiger partial charge < -0.3 is 14.7 Å². The van der Waals surface area contributed by atoms with Crippen LogP contribution in [0.4, 0.5) is 0 Å². The van der Waals surface area contributed by atoms with E-state index in [1.165, 1.54) is 0 Å². The average Bonchev–Trinajstić information content (AvgIpc) is 3.02. The Kier molecular flexibility index (Phi) is 5.25. The third-order valence-electron chi connectivity index (χ3n) is 4.58. The summed E-state index contributed by atoms with van der Waals surface area (Å²) in [6, 6.07) is 2.11. The molecule has 2 aliphatic heterocycles. The minimum absolute atomic E-state index is 0.155. The predicted octanol–water partition coefficient (Wildman–Crippen LogP) is 1.70. The molecule has 2 amide bonds. The first-order chi connectivity index (χ1) is 11.1. The highest BCUT2D eigenvalue weighted by Crippen LogP contribution is 2.28. The first-order valence-corrected chi connectivity index (χ1v) is 9.39. The smallest absolute Gasteiger partial charge is 0.311 e. The fourth-order valence-corrected chi connectivity index (χ4v) is 4.28. The van der Waals surface area contributed by atoms with Gasteiger partial charge in [0.2, 0.25) is 0 Å². The van der Waals surface area contributed by atoms with Gasteiger partial charge >= 0.3 is 11.8 Å². The van der Waals surface area contributed by atoms with Gasteiger partial charge in [-0.1, -0.05) is 5.16 Å². The number of nitrogens with zero attached hydrogens (tertiary/aromatic N) is 2. The number of piperidine rings is 1. The lowest BCUT2D eigenvalue weighted by atomic mass is 9.94. The van der Waals surface area contributed by atoms with Crippen molar-refractivity contribution in [2.75, 3.05) is 24.6 Å². The van der Waals surface area contributed by atoms with E-state index >= 15 is 0 Å². The minimum atomic E-state index is -0.448. The van der Waals surface area contributed by atoms with Crippen LogP contribution in [0.1, 0.15) is 43.1 Å². The Morgan fingerprint density at radius 3 is 2.57 bits per heavy atom. The zero-order valence-corrected chi connectivity index (χ0v) is 14.2. The van der Waals surface area contributed by atoms with Crippen LogP contribution in [0.15, 0.2) is 10.6 Å². The average molecular weight is 337 g/mol. The van der Waals surface area contributed by atoms with E-state index in [-0.39, 0.29) is 6.04 Å². The van der Waals surface area contributed by atoms with E-state index in [1.807, 2.05) is 24.8 Å². The zero-order chi connectivity index (χ0) is 16.2. The topological polar surface area (TPSA) is 75.4 Å². The van der Waals surface area contributed by atoms with Crippen molar-refractivity contribution in [3.05, 3.63) is 17.5 Å². The van der Waals surface area contributed by atoms with Gasteiger partial charge in [0, 0.05) is 31.1 Å². The van der Waals surface area contributed by atoms with Gasteiger partial charge in [0.25, 0.3) is 0 Å². The molecule has 2 saturated heterocycles. The van der Waals surface area contributed by atoms with Crippen molar-refractivity contribution in [3.63, 3.8) is 0 Å². The second-order valence-corrected chi connectivity index (χ2v) is 7.52. The van der Waals surface area contributed by atoms with E-state index in [9.17, 15) is 9.59 Å². The lowest BCUT2D eigenvalue weighted by Gasteiger charge is -2.31. The summed E-state index contributed by atoms with van der Waals surface area (Å²) in [5.41, 5.74) is 0.878. The Bertz CT molecular complexity index is 561. The third-order valence-corrected chi connectivity index (χ3v) is 5.63. The number of hydrogen-bond acceptors (Lipinski definition) is 5. The standard InChI is InChI=1S/C16H23N3O3S/c1-11-10-14(22-18-11)12-2-6-19(7-3-12)16(21)15(20)17-13-4-8-23-9-5-13/h10,12-13H,2-9H2,1H3,(H,17,20). The molecule has 0 bridgehead atoms. The van der Waals surface area contributed by atoms with Gasteiger partial charge in [0.1, 0.15) is 5.76 Å². The number of likely N-dealkylation sites (tertiary alicyclic amines) is 1. The monoisotopic (exact) mass is 337 g/mol. The molecule has 0 saturated carbocycles. The molecule has 126 valence electrons. The molecule has 6 nitrogen and oxygen atoms in total. The van der Waals surface area contributed by atoms with Crippen molar-refractivity contribution >= 4 is 23.6 Å². The second kappa shape index (κ2) is 7.38. The molecule has 1 aromatic heterocycles. The Balaban J connectivity index is 1.48. The lowest BCUT2D eigenvalue weighted by molar-refractivity contribution is -0.147. The normalized spacial score (nSPS) is 20.5. The van der Waals surface area contributed by atoms with Crippen molar-refractivity contribution in [1.29, 1.82) is 0 Å². The van der Waals surface area contributed by atoms with E-state index in [0.29, 0.717) is 19.0 Å². The van der Waals surface area contributed by atoms with Crippen molar-refractivity contribution in [2.24, 2.45) is 0 Å². The molecule has 0 aromatic carbocycles. The summed E-state index contributed by atoms with van der Waals surface area (Å²) in [5.74, 6) is 2.45. The van der Waals surface area contributed by atoms with Gasteiger partial charge in [-0.2, -0.15) is 11.8 Å². The van der Waals surface area contributed by atoms with E-state index in [2.05, 4.69) is 10.5 Å². The molecule has 23 heavy (non-hydrogen) atoms. The van der Waals surface area contributed by atoms with Crippen LogP contribution in [0.2, 0.25) is 0 Å². The molecule has 1 N–H and O–H groups in total. The quantitative estimate of drug-likeness (QED) is 0.832. The second-order valence-electron chi connectivity index (χ2n) is 6.30. The first-order valence-electron chi connectivity index (χ1n) is 8.24. The molecule has 0 spiro atoms. The number of aromatic nitrogens is 1. The number of hydrogen-bond donors (Lipinski definition) is 1. The molecule has 0 atom stereocenters. The van der Waals surface area contributed by atoms with Crippen LogP contribution in [0.25, 0.3) is 0 Å². The number of thioether (sulfide) groups is 1. The summed E-state index contributed by atoms with van der Waals surface area (Å²) >= 11 is 1.90. The number of carbonyl (C=O) groups excluding carboxylic acids is 2. The summed E-state index contributed by atoms with van der Waals surface area (Å²) < 4.78 is 5.31. The van der Waals surface area contributed by atoms with E-state index in [1.54, 1.807) is 4.90 Å². The molecule has 0 unspecified atom stereocenters. The van der Waals surface area contributed by atoms with Crippen LogP contribution in [0.3, 0.4) is 0 Å². The summed E-state index contributed by atoms with van der Waals surface area (Å²) in [4.78, 5) is 26.1. The van der Waals surface area contributed by atoms with Crippen LogP contribution >= 0.6 is 11.8 Å². The van der Waals surface area contributed by atoms with Gasteiger partial charge in [-0.3, -0.25) is 9.59 Å². The van der Waals surface area contributed by atoms with Crippen LogP contribution in [-0.4, -0.2) is 52.5 Å². The van der Waals surface area contributed by atoms with Crippen LogP contribution in [0, 0.1) is 6.92 Å². The number of nitrogens with one attached hydrogen (secondary N) is 1. The molecule has 7 heteroatoms. The van der Waals surface area contributed by atoms with Gasteiger partial charge in [-0.15, -0.1) is 0 Å². The van der Waals surface area contributed by atoms with Crippen molar-refractivity contribution in [2.45, 2.75) is 44.6 Å². The van der Waals surface area contributed by atoms with Crippen LogP contribution in [0.5, 0.6) is 0 Å². The molecule has 0 radical (unpaired) electrons. The Morgan fingerprint density at radius 1 is 1.26 bits per heavy atom. The maximum Gasteiger partial charge on any atom is 0.311 e. The molecular formula is C16H23N3O3S. The summed E-state index contributed by atoms with van der Waals surface area (Å²) in [7, 11) is 0. The molecule has 2 fully saturated rings. The number of rotatable bonds is 2. The highest BCUT2D eigenvalue weighted by molar-refractivity contribution is 7.99. The van der Waals surface area contributed by atoms with Gasteiger partial charge in [0.15, 0.2) is 0 Å². The van der Waals surface area contributed by atoms with E-state index in [0.717, 1.165) is 48.6 Å². The zero-order valence-electron chi connectivity index (χ0n) is 13.4. The maximum atomic E-state index is 12.3. The molecule has 1 aromatic rings. The van der Waals surface area contributed by atoms with Gasteiger partial charge in [-0.25, -0.2) is 0 Å². The highest BCUT2D eigenvalue weighted by Gasteiger charge is 2.30. The SMILES string of the molecule is Cc1cc(C2CCN(C(=O)C(=O)NC3CCSCC3)CC2)on1. The van der Waals surface area contributed by atoms with Crippen LogP contribution < -0.4 is 5.32 Å². The largest absolute Gasteiger partial charge is 0.361 e. The lowest BCUT2D eigenvalue weighted by Crippen LogP contribution is -2.49. The van der Waals surface area contributed by atoms with Crippen molar-refractivity contribution < 1.29 is 14.1 Å². The van der Waals surface area contributed by atoms with Gasteiger partial charge in [-0.05, 0) is 44.1 Å². The predicted molar refractivity (Wildman–Crippen MR) is 88.3 cm³/mol. The Labute approximate surface area is 140 Å². The van der Waals surface area contributed by atoms with Crippen molar-refractivity contribution in [1.82, 2.24) is 15.4 Å².